The summed E-state index contributed by atoms with van der Waals surface area (Å²) in [6, 6.07) is 38.0. The summed E-state index contributed by atoms with van der Waals surface area (Å²) in [5.41, 5.74) is 10.3. The Kier molecular flexibility index (Phi) is 31.4. The number of aliphatic carboxylic acids is 1. The lowest BCUT2D eigenvalue weighted by Gasteiger charge is -2.34. The minimum absolute atomic E-state index is 0.0963. The molecule has 33 heteroatoms. The normalized spacial score (nSPS) is 17.7. The number of aromatic nitrogens is 8. The van der Waals surface area contributed by atoms with Gasteiger partial charge in [0, 0.05) is 37.3 Å². The van der Waals surface area contributed by atoms with Gasteiger partial charge in [-0.1, -0.05) is 125 Å². The smallest absolute Gasteiger partial charge is 0.410 e. The molecule has 10 aromatic rings. The Morgan fingerprint density at radius 3 is 0.909 bits per heavy atom. The third kappa shape index (κ3) is 24.3. The number of carbonyl (C=O) groups is 9. The van der Waals surface area contributed by atoms with Crippen LogP contribution in [-0.2, 0) is 52.3 Å². The molecule has 4 fully saturated rings. The van der Waals surface area contributed by atoms with Crippen molar-refractivity contribution in [2.75, 3.05) is 54.6 Å². The van der Waals surface area contributed by atoms with Crippen LogP contribution >= 0.6 is 0 Å². The molecule has 6 aromatic carbocycles. The van der Waals surface area contributed by atoms with E-state index in [1.165, 1.54) is 28.4 Å². The quantitative estimate of drug-likeness (QED) is 0.0254. The van der Waals surface area contributed by atoms with Crippen LogP contribution in [-0.4, -0.2) is 227 Å². The number of carbonyl (C=O) groups excluding carboxylic acids is 8. The van der Waals surface area contributed by atoms with Crippen LogP contribution in [0.2, 0.25) is 0 Å². The molecular formula is C99H126N16O17. The highest BCUT2D eigenvalue weighted by molar-refractivity contribution is 5.93. The van der Waals surface area contributed by atoms with Gasteiger partial charge in [-0.15, -0.1) is 0 Å². The number of imidazole rings is 4. The summed E-state index contributed by atoms with van der Waals surface area (Å²) in [7, 11) is 5.03. The first-order valence-electron chi connectivity index (χ1n) is 45.1. The van der Waals surface area contributed by atoms with E-state index < -0.39 is 83.5 Å². The molecule has 0 bridgehead atoms. The van der Waals surface area contributed by atoms with Crippen LogP contribution < -0.4 is 21.3 Å². The second kappa shape index (κ2) is 42.4. The van der Waals surface area contributed by atoms with E-state index in [-0.39, 0.29) is 59.8 Å². The Balaban J connectivity index is 0.000000206. The molecule has 9 N–H and O–H groups in total. The Bertz CT molecular complexity index is 5720. The maximum Gasteiger partial charge on any atom is 0.410 e. The number of fused-ring (bicyclic) bond motifs is 2. The molecule has 8 heterocycles. The highest BCUT2D eigenvalue weighted by Crippen LogP contribution is 2.40. The van der Waals surface area contributed by atoms with Crippen LogP contribution in [0.3, 0.4) is 0 Å². The number of likely N-dealkylation sites (tertiary alicyclic amines) is 4. The fourth-order valence-electron chi connectivity index (χ4n) is 17.3. The number of hydrogen-bond acceptors (Lipinski definition) is 20. The second-order valence-electron chi connectivity index (χ2n) is 37.5. The minimum Gasteiger partial charge on any atom is -0.480 e. The summed E-state index contributed by atoms with van der Waals surface area (Å²) in [6.45, 7) is 30.2. The molecule has 4 aliphatic heterocycles. The molecule has 14 rings (SSSR count). The number of aromatic amines is 4. The molecule has 4 aromatic heterocycles. The molecule has 0 aliphatic carbocycles. The molecule has 0 saturated carbocycles. The van der Waals surface area contributed by atoms with Gasteiger partial charge in [-0.25, -0.2) is 48.7 Å². The van der Waals surface area contributed by atoms with Crippen molar-refractivity contribution in [1.29, 1.82) is 0 Å². The number of benzene rings is 6. The fraction of sp³-hybridized carbons (Fsp3) is 0.465. The number of amides is 8. The largest absolute Gasteiger partial charge is 0.480 e. The number of ether oxygens (including phenoxy) is 7. The van der Waals surface area contributed by atoms with Gasteiger partial charge in [-0.05, 0) is 219 Å². The Labute approximate surface area is 769 Å². The van der Waals surface area contributed by atoms with Gasteiger partial charge in [-0.2, -0.15) is 0 Å². The lowest BCUT2D eigenvalue weighted by molar-refractivity contribution is -0.147. The molecule has 10 atom stereocenters. The van der Waals surface area contributed by atoms with Crippen molar-refractivity contribution in [3.63, 3.8) is 0 Å². The SMILES string of the molecule is COC(=O)N[C@H](C(=O)N1CCC[C@H]1c1ncc(-c2ccc3cc(-c4ccc(-c5cnc([C@@H]6CCCN6C(=O)OC(C)(C)C)[nH]5)cc4)ccc3c2)[nH]1)C(C)C.COC(=O)N[C@H](C(=O)N1CCC[C@H]1c1ncc(-c2ccc3cc(-c4ccc(-c5cnc([C@@H]6CCCN6C(=O)[C@@H](NC(=O)OC)[C@@H](C)OC(C)(C)C)[nH]5)cc4)ccc3c2)[nH]1)C(C)C.COC(=O)N[C@H](C(=O)O)[C@@H](C)OC(C)(C)C. The minimum atomic E-state index is -1.16. The number of nitrogens with zero attached hydrogens (tertiary/aromatic N) is 8. The van der Waals surface area contributed by atoms with E-state index >= 15 is 0 Å². The van der Waals surface area contributed by atoms with Crippen LogP contribution in [0, 0.1) is 11.8 Å². The molecule has 0 unspecified atom stereocenters. The highest BCUT2D eigenvalue weighted by Gasteiger charge is 2.43. The lowest BCUT2D eigenvalue weighted by Crippen LogP contribution is -2.55. The molecule has 8 amide bonds. The van der Waals surface area contributed by atoms with Gasteiger partial charge < -0.3 is 94.2 Å². The first-order chi connectivity index (χ1) is 62.7. The van der Waals surface area contributed by atoms with Crippen molar-refractivity contribution in [2.24, 2.45) is 11.8 Å². The number of rotatable bonds is 24. The second-order valence-corrected chi connectivity index (χ2v) is 37.5. The van der Waals surface area contributed by atoms with Gasteiger partial charge in [0.2, 0.25) is 17.7 Å². The molecular weight excluding hydrogens is 1690 g/mol. The van der Waals surface area contributed by atoms with Crippen LogP contribution in [0.15, 0.2) is 146 Å². The van der Waals surface area contributed by atoms with E-state index in [0.29, 0.717) is 32.0 Å². The molecule has 0 spiro atoms. The van der Waals surface area contributed by atoms with E-state index in [0.717, 1.165) is 158 Å². The van der Waals surface area contributed by atoms with Gasteiger partial charge >= 0.3 is 36.4 Å². The monoisotopic (exact) mass is 1810 g/mol. The maximum absolute atomic E-state index is 14.0. The number of carboxylic acids is 1. The number of hydrogen-bond donors (Lipinski definition) is 9. The average Bonchev–Trinajstić information content (AvgIpc) is 1.54. The molecule has 4 saturated heterocycles. The zero-order chi connectivity index (χ0) is 95.4. The van der Waals surface area contributed by atoms with Crippen LogP contribution in [0.25, 0.3) is 88.8 Å². The van der Waals surface area contributed by atoms with E-state index in [1.807, 2.05) is 97.6 Å². The predicted molar refractivity (Wildman–Crippen MR) is 500 cm³/mol. The van der Waals surface area contributed by atoms with Crippen molar-refractivity contribution in [2.45, 2.75) is 233 Å². The van der Waals surface area contributed by atoms with Crippen LogP contribution in [0.4, 0.5) is 24.0 Å². The van der Waals surface area contributed by atoms with Gasteiger partial charge in [0.25, 0.3) is 0 Å². The molecule has 132 heavy (non-hydrogen) atoms. The van der Waals surface area contributed by atoms with Crippen molar-refractivity contribution < 1.29 is 81.4 Å². The zero-order valence-corrected chi connectivity index (χ0v) is 78.8. The topological polar surface area (TPSA) is 414 Å². The fourth-order valence-corrected chi connectivity index (χ4v) is 17.3. The van der Waals surface area contributed by atoms with E-state index in [9.17, 15) is 43.2 Å². The zero-order valence-electron chi connectivity index (χ0n) is 78.8. The van der Waals surface area contributed by atoms with Crippen molar-refractivity contribution in [1.82, 2.24) is 80.7 Å². The van der Waals surface area contributed by atoms with Crippen LogP contribution in [0.1, 0.15) is 203 Å². The van der Waals surface area contributed by atoms with Crippen molar-refractivity contribution in [3.05, 3.63) is 169 Å². The Morgan fingerprint density at radius 1 is 0.348 bits per heavy atom. The number of methoxy groups -OCH3 is 4. The number of nitrogens with one attached hydrogen (secondary N) is 8. The first-order valence-corrected chi connectivity index (χ1v) is 45.1. The van der Waals surface area contributed by atoms with E-state index in [1.54, 1.807) is 50.6 Å². The molecule has 704 valence electrons. The Hall–Kier alpha value is -13.2. The standard InChI is InChI=1S/C47H58N8O7.C42H49N7O5.C10H19NO5/c1-27(2)39(52-45(58)60-7)43(56)54-21-9-11-37(54)42-49-26-36(51-42)34-20-19-32-23-31(17-18-33(32)24-34)29-13-15-30(16-14-29)35-25-48-41(50-35)38-12-10-22-55(38)44(57)40(53-46(59)61-8)28(3)62-47(4,5)6;1-25(2)36(47-40(51)53-6)39(50)48-19-7-9-34(48)37-44-24-33(46-37)31-18-17-29-21-28(15-16-30(29)22-31)26-11-13-27(14-12-26)32-23-43-38(45-32)35-10-8-20-49(35)41(52)54-42(3,4)5;1-6(16-10(2,3)4)7(8(12)13)11-9(14)15-5/h13-20,23-28,37-40H,9-12,21-22H2,1-8H3,(H,48,50)(H,49,51)(H,52,58)(H,53,59);11-18,21-25,34-36H,7-10,19-20H2,1-6H3,(H,43,45)(H,44,46)(H,47,51);6-7H,1-5H3,(H,11,14)(H,12,13)/t28-,37+,38+,39+,40+;34-,35-,36-;6-,7+/m101/s1. The van der Waals surface area contributed by atoms with Gasteiger partial charge in [0.05, 0.1) is 124 Å². The van der Waals surface area contributed by atoms with Crippen LogP contribution in [0.5, 0.6) is 0 Å². The summed E-state index contributed by atoms with van der Waals surface area (Å²) >= 11 is 0. The summed E-state index contributed by atoms with van der Waals surface area (Å²) in [5, 5.41) is 23.6. The van der Waals surface area contributed by atoms with Gasteiger partial charge in [0.15, 0.2) is 6.04 Å². The highest BCUT2D eigenvalue weighted by atomic mass is 16.6. The third-order valence-corrected chi connectivity index (χ3v) is 23.7. The van der Waals surface area contributed by atoms with Gasteiger partial charge in [-0.3, -0.25) is 19.3 Å². The van der Waals surface area contributed by atoms with E-state index in [4.69, 9.17) is 48.5 Å². The average molecular weight is 1810 g/mol. The summed E-state index contributed by atoms with van der Waals surface area (Å²) in [5.74, 6) is 1.05. The number of carboxylic acid groups (broad SMARTS) is 1. The van der Waals surface area contributed by atoms with Crippen molar-refractivity contribution in [3.8, 4) is 67.3 Å². The summed E-state index contributed by atoms with van der Waals surface area (Å²) in [6.07, 6.45) is 9.57. The lowest BCUT2D eigenvalue weighted by atomic mass is 9.98. The van der Waals surface area contributed by atoms with Gasteiger partial charge in [0.1, 0.15) is 47.0 Å². The molecule has 33 nitrogen and oxygen atoms in total. The van der Waals surface area contributed by atoms with E-state index in [2.05, 4.69) is 172 Å². The van der Waals surface area contributed by atoms with Crippen molar-refractivity contribution >= 4 is 75.7 Å². The third-order valence-electron chi connectivity index (χ3n) is 23.7. The number of H-pyrrole nitrogens is 4. The maximum atomic E-state index is 14.0. The number of alkyl carbamates (subject to hydrolysis) is 4. The molecule has 0 radical (unpaired) electrons. The first kappa shape index (κ1) is 97.9. The summed E-state index contributed by atoms with van der Waals surface area (Å²) in [4.78, 5) is 152. The molecule has 4 aliphatic rings. The Morgan fingerprint density at radius 2 is 0.606 bits per heavy atom. The predicted octanol–water partition coefficient (Wildman–Crippen LogP) is 17.3. The summed E-state index contributed by atoms with van der Waals surface area (Å²) < 4.78 is 35.9.